The Balaban J connectivity index is 2.02. The minimum atomic E-state index is -0.474. The van der Waals surface area contributed by atoms with Gasteiger partial charge in [-0.3, -0.25) is 4.79 Å². The third kappa shape index (κ3) is 1.92. The predicted octanol–water partition coefficient (Wildman–Crippen LogP) is 2.30. The van der Waals surface area contributed by atoms with Crippen LogP contribution < -0.4 is 10.6 Å². The average Bonchev–Trinajstić information content (AvgIpc) is 2.82. The number of hydrogen-bond donors (Lipinski definition) is 2. The van der Waals surface area contributed by atoms with Gasteiger partial charge in [0.25, 0.3) is 5.91 Å². The fourth-order valence-corrected chi connectivity index (χ4v) is 4.28. The second-order valence-corrected chi connectivity index (χ2v) is 6.84. The molecule has 2 aliphatic heterocycles. The Morgan fingerprint density at radius 1 is 1.39 bits per heavy atom. The average molecular weight is 329 g/mol. The Kier molecular flexibility index (Phi) is 3.15. The summed E-state index contributed by atoms with van der Waals surface area (Å²) in [5.74, 6) is -0.439. The molecule has 1 amide bonds. The zero-order chi connectivity index (χ0) is 16.2. The number of nitrogens with zero attached hydrogens (tertiary/aromatic N) is 2. The summed E-state index contributed by atoms with van der Waals surface area (Å²) in [4.78, 5) is 12.8. The molecule has 1 aromatic carbocycles. The van der Waals surface area contributed by atoms with Gasteiger partial charge < -0.3 is 15.2 Å². The third-order valence-electron chi connectivity index (χ3n) is 5.25. The van der Waals surface area contributed by atoms with Crippen LogP contribution >= 0.6 is 11.6 Å². The molecule has 2 aromatic rings. The molecule has 3 heterocycles. The molecule has 0 bridgehead atoms. The lowest BCUT2D eigenvalue weighted by Crippen LogP contribution is -2.60. The van der Waals surface area contributed by atoms with Crippen LogP contribution in [0, 0.1) is 11.3 Å². The van der Waals surface area contributed by atoms with Gasteiger partial charge in [0.05, 0.1) is 23.0 Å². The first-order chi connectivity index (χ1) is 11.1. The summed E-state index contributed by atoms with van der Waals surface area (Å²) >= 11 is 6.12. The lowest BCUT2D eigenvalue weighted by atomic mass is 9.71. The molecule has 23 heavy (non-hydrogen) atoms. The van der Waals surface area contributed by atoms with Crippen LogP contribution in [0.15, 0.2) is 18.2 Å². The number of piperidine rings is 1. The lowest BCUT2D eigenvalue weighted by Gasteiger charge is -2.44. The fraction of sp³-hybridized carbons (Fsp3) is 0.412. The van der Waals surface area contributed by atoms with Crippen LogP contribution in [0.25, 0.3) is 10.9 Å². The zero-order valence-electron chi connectivity index (χ0n) is 12.8. The van der Waals surface area contributed by atoms with E-state index in [1.165, 1.54) is 0 Å². The first-order valence-corrected chi connectivity index (χ1v) is 8.16. The molecule has 4 rings (SSSR count). The standard InChI is InChI=1S/C17H17ClN4O/c1-22-13-8-10(18)2-3-11(13)14-12(9-19)17(4-6-20-7-5-17)21-16(23)15(14)22/h2-3,8,12,20H,4-7H2,1H3,(H,21,23)/t12-/m1/s1. The molecule has 1 atom stereocenters. The van der Waals surface area contributed by atoms with Gasteiger partial charge in [0.1, 0.15) is 5.69 Å². The highest BCUT2D eigenvalue weighted by Gasteiger charge is 2.49. The maximum absolute atomic E-state index is 12.8. The van der Waals surface area contributed by atoms with E-state index in [1.54, 1.807) is 0 Å². The number of carbonyl (C=O) groups excluding carboxylic acids is 1. The van der Waals surface area contributed by atoms with Crippen LogP contribution in [-0.4, -0.2) is 29.1 Å². The van der Waals surface area contributed by atoms with Crippen molar-refractivity contribution < 1.29 is 4.79 Å². The lowest BCUT2D eigenvalue weighted by molar-refractivity contribution is 0.0827. The van der Waals surface area contributed by atoms with Gasteiger partial charge in [0.2, 0.25) is 0 Å². The van der Waals surface area contributed by atoms with E-state index < -0.39 is 5.54 Å². The Bertz CT molecular complexity index is 858. The van der Waals surface area contributed by atoms with Crippen molar-refractivity contribution in [3.63, 3.8) is 0 Å². The van der Waals surface area contributed by atoms with Gasteiger partial charge in [0, 0.05) is 23.0 Å². The number of aryl methyl sites for hydroxylation is 1. The van der Waals surface area contributed by atoms with E-state index in [0.29, 0.717) is 10.7 Å². The number of amides is 1. The van der Waals surface area contributed by atoms with Crippen molar-refractivity contribution >= 4 is 28.4 Å². The van der Waals surface area contributed by atoms with Crippen molar-refractivity contribution in [3.8, 4) is 6.07 Å². The Hall–Kier alpha value is -2.03. The van der Waals surface area contributed by atoms with Crippen LogP contribution in [0.2, 0.25) is 5.02 Å². The number of fused-ring (bicyclic) bond motifs is 3. The van der Waals surface area contributed by atoms with Crippen molar-refractivity contribution in [2.45, 2.75) is 24.3 Å². The number of halogens is 1. The number of aromatic nitrogens is 1. The maximum atomic E-state index is 12.8. The van der Waals surface area contributed by atoms with Gasteiger partial charge in [-0.2, -0.15) is 5.26 Å². The normalized spacial score (nSPS) is 22.7. The monoisotopic (exact) mass is 328 g/mol. The highest BCUT2D eigenvalue weighted by Crippen LogP contribution is 2.44. The highest BCUT2D eigenvalue weighted by atomic mass is 35.5. The quantitative estimate of drug-likeness (QED) is 0.779. The SMILES string of the molecule is Cn1c2c(c3ccc(Cl)cc31)[C@@H](C#N)C1(CCNCC1)NC2=O. The molecule has 118 valence electrons. The summed E-state index contributed by atoms with van der Waals surface area (Å²) in [6.07, 6.45) is 1.53. The number of carbonyl (C=O) groups is 1. The van der Waals surface area contributed by atoms with Crippen molar-refractivity contribution in [1.82, 2.24) is 15.2 Å². The first-order valence-electron chi connectivity index (χ1n) is 7.78. The largest absolute Gasteiger partial charge is 0.344 e. The third-order valence-corrected chi connectivity index (χ3v) is 5.48. The highest BCUT2D eigenvalue weighted by molar-refractivity contribution is 6.31. The molecule has 0 aliphatic carbocycles. The summed E-state index contributed by atoms with van der Waals surface area (Å²) in [7, 11) is 1.85. The fourth-order valence-electron chi connectivity index (χ4n) is 4.11. The molecule has 6 heteroatoms. The molecule has 0 unspecified atom stereocenters. The van der Waals surface area contributed by atoms with Gasteiger partial charge in [-0.05, 0) is 38.1 Å². The summed E-state index contributed by atoms with van der Waals surface area (Å²) in [5.41, 5.74) is 1.85. The molecule has 0 saturated carbocycles. The molecule has 5 nitrogen and oxygen atoms in total. The van der Waals surface area contributed by atoms with E-state index >= 15 is 0 Å². The number of hydrogen-bond acceptors (Lipinski definition) is 3. The smallest absolute Gasteiger partial charge is 0.268 e. The van der Waals surface area contributed by atoms with Crippen molar-refractivity contribution in [3.05, 3.63) is 34.5 Å². The molecular weight excluding hydrogens is 312 g/mol. The molecule has 1 spiro atoms. The Morgan fingerprint density at radius 3 is 2.83 bits per heavy atom. The van der Waals surface area contributed by atoms with E-state index in [9.17, 15) is 10.1 Å². The van der Waals surface area contributed by atoms with Crippen LogP contribution in [0.3, 0.4) is 0 Å². The number of benzene rings is 1. The summed E-state index contributed by atoms with van der Waals surface area (Å²) in [6, 6.07) is 8.07. The zero-order valence-corrected chi connectivity index (χ0v) is 13.6. The van der Waals surface area contributed by atoms with E-state index in [1.807, 2.05) is 29.8 Å². The minimum Gasteiger partial charge on any atom is -0.344 e. The molecular formula is C17H17ClN4O. The number of nitriles is 1. The molecule has 1 fully saturated rings. The Morgan fingerprint density at radius 2 is 2.13 bits per heavy atom. The van der Waals surface area contributed by atoms with Gasteiger partial charge in [-0.1, -0.05) is 17.7 Å². The van der Waals surface area contributed by atoms with Crippen LogP contribution in [0.4, 0.5) is 0 Å². The topological polar surface area (TPSA) is 69.8 Å². The van der Waals surface area contributed by atoms with Gasteiger partial charge in [-0.15, -0.1) is 0 Å². The van der Waals surface area contributed by atoms with Crippen molar-refractivity contribution in [2.24, 2.45) is 7.05 Å². The van der Waals surface area contributed by atoms with E-state index in [0.717, 1.165) is 42.4 Å². The second-order valence-electron chi connectivity index (χ2n) is 6.41. The molecule has 1 saturated heterocycles. The van der Waals surface area contributed by atoms with Gasteiger partial charge in [-0.25, -0.2) is 0 Å². The number of rotatable bonds is 0. The molecule has 1 aromatic heterocycles. The number of nitrogens with one attached hydrogen (secondary N) is 2. The second kappa shape index (κ2) is 4.98. The van der Waals surface area contributed by atoms with Crippen molar-refractivity contribution in [1.29, 1.82) is 5.26 Å². The summed E-state index contributed by atoms with van der Waals surface area (Å²) in [6.45, 7) is 1.62. The summed E-state index contributed by atoms with van der Waals surface area (Å²) in [5, 5.41) is 17.9. The minimum absolute atomic E-state index is 0.0942. The van der Waals surface area contributed by atoms with Crippen molar-refractivity contribution in [2.75, 3.05) is 13.1 Å². The Labute approximate surface area is 139 Å². The van der Waals surface area contributed by atoms with E-state index in [2.05, 4.69) is 16.7 Å². The first kappa shape index (κ1) is 14.6. The van der Waals surface area contributed by atoms with E-state index in [4.69, 9.17) is 11.6 Å². The molecule has 0 radical (unpaired) electrons. The van der Waals surface area contributed by atoms with Gasteiger partial charge in [0.15, 0.2) is 0 Å². The molecule has 2 N–H and O–H groups in total. The van der Waals surface area contributed by atoms with Crippen LogP contribution in [0.5, 0.6) is 0 Å². The molecule has 2 aliphatic rings. The van der Waals surface area contributed by atoms with E-state index in [-0.39, 0.29) is 11.8 Å². The maximum Gasteiger partial charge on any atom is 0.268 e. The van der Waals surface area contributed by atoms with Crippen LogP contribution in [0.1, 0.15) is 34.8 Å². The predicted molar refractivity (Wildman–Crippen MR) is 88.6 cm³/mol. The summed E-state index contributed by atoms with van der Waals surface area (Å²) < 4.78 is 1.85. The van der Waals surface area contributed by atoms with Gasteiger partial charge >= 0.3 is 0 Å². The van der Waals surface area contributed by atoms with Crippen LogP contribution in [-0.2, 0) is 7.05 Å².